The summed E-state index contributed by atoms with van der Waals surface area (Å²) in [5.74, 6) is 0.735. The third-order valence-electron chi connectivity index (χ3n) is 4.41. The quantitative estimate of drug-likeness (QED) is 0.386. The van der Waals surface area contributed by atoms with Crippen LogP contribution in [0.4, 0.5) is 0 Å². The van der Waals surface area contributed by atoms with Gasteiger partial charge in [-0.15, -0.1) is 6.58 Å². The lowest BCUT2D eigenvalue weighted by Gasteiger charge is -2.37. The van der Waals surface area contributed by atoms with Gasteiger partial charge in [0.15, 0.2) is 0 Å². The van der Waals surface area contributed by atoms with Crippen molar-refractivity contribution >= 4 is 0 Å². The first-order valence-corrected chi connectivity index (χ1v) is 8.19. The van der Waals surface area contributed by atoms with E-state index in [2.05, 4.69) is 60.3 Å². The Balaban J connectivity index is 2.83. The molecular formula is C20H34. The fourth-order valence-electron chi connectivity index (χ4n) is 3.13. The van der Waals surface area contributed by atoms with Crippen molar-refractivity contribution in [2.24, 2.45) is 16.7 Å². The van der Waals surface area contributed by atoms with Crippen LogP contribution in [0.3, 0.4) is 0 Å². The second-order valence-corrected chi connectivity index (χ2v) is 8.29. The van der Waals surface area contributed by atoms with E-state index >= 15 is 0 Å². The monoisotopic (exact) mass is 274 g/mol. The molecule has 0 nitrogen and oxygen atoms in total. The summed E-state index contributed by atoms with van der Waals surface area (Å²) in [6, 6.07) is 0. The molecule has 0 heteroatoms. The van der Waals surface area contributed by atoms with Gasteiger partial charge in [-0.25, -0.2) is 0 Å². The second kappa shape index (κ2) is 6.78. The largest absolute Gasteiger partial charge is 0.103 e. The standard InChI is InChI=1S/C20H34/c1-8-9-10-11-12-16-15-17(19(2,3)4)13-14-18(16)20(5,6)7/h8,13-14,16H,1,9-12,15H2,2-7H3. The van der Waals surface area contributed by atoms with Gasteiger partial charge in [-0.2, -0.15) is 0 Å². The number of rotatable bonds is 5. The summed E-state index contributed by atoms with van der Waals surface area (Å²) in [7, 11) is 0. The van der Waals surface area contributed by atoms with E-state index in [0.29, 0.717) is 10.8 Å². The zero-order valence-corrected chi connectivity index (χ0v) is 14.6. The summed E-state index contributed by atoms with van der Waals surface area (Å²) in [6.45, 7) is 17.9. The smallest absolute Gasteiger partial charge is 0.0157 e. The maximum absolute atomic E-state index is 3.82. The van der Waals surface area contributed by atoms with Gasteiger partial charge in [0.1, 0.15) is 0 Å². The van der Waals surface area contributed by atoms with Crippen LogP contribution in [0.5, 0.6) is 0 Å². The van der Waals surface area contributed by atoms with Crippen molar-refractivity contribution < 1.29 is 0 Å². The van der Waals surface area contributed by atoms with E-state index in [9.17, 15) is 0 Å². The maximum atomic E-state index is 3.82. The molecule has 1 rings (SSSR count). The van der Waals surface area contributed by atoms with Crippen molar-refractivity contribution in [2.75, 3.05) is 0 Å². The third kappa shape index (κ3) is 4.96. The Morgan fingerprint density at radius 3 is 2.20 bits per heavy atom. The SMILES string of the molecule is C=CCCCCC1CC(C(C)(C)C)=CC=C1C(C)(C)C. The number of hydrogen-bond acceptors (Lipinski definition) is 0. The first kappa shape index (κ1) is 17.3. The molecule has 1 unspecified atom stereocenters. The Kier molecular flexibility index (Phi) is 5.86. The van der Waals surface area contributed by atoms with Crippen LogP contribution in [-0.4, -0.2) is 0 Å². The van der Waals surface area contributed by atoms with E-state index in [1.807, 2.05) is 6.08 Å². The summed E-state index contributed by atoms with van der Waals surface area (Å²) in [4.78, 5) is 0. The molecule has 0 aromatic carbocycles. The van der Waals surface area contributed by atoms with Crippen molar-refractivity contribution in [1.82, 2.24) is 0 Å². The molecule has 0 aromatic rings. The van der Waals surface area contributed by atoms with Crippen molar-refractivity contribution in [2.45, 2.75) is 73.6 Å². The van der Waals surface area contributed by atoms with Gasteiger partial charge in [0.2, 0.25) is 0 Å². The van der Waals surface area contributed by atoms with Gasteiger partial charge >= 0.3 is 0 Å². The van der Waals surface area contributed by atoms with E-state index < -0.39 is 0 Å². The summed E-state index contributed by atoms with van der Waals surface area (Å²) < 4.78 is 0. The highest BCUT2D eigenvalue weighted by molar-refractivity contribution is 5.32. The average Bonchev–Trinajstić information content (AvgIpc) is 2.32. The molecule has 0 saturated heterocycles. The Bertz CT molecular complexity index is 379. The molecule has 0 heterocycles. The zero-order valence-electron chi connectivity index (χ0n) is 14.6. The maximum Gasteiger partial charge on any atom is -0.0157 e. The first-order chi connectivity index (χ1) is 9.16. The Labute approximate surface area is 127 Å². The normalized spacial score (nSPS) is 20.4. The molecule has 0 radical (unpaired) electrons. The molecule has 0 aliphatic heterocycles. The molecule has 1 aliphatic carbocycles. The topological polar surface area (TPSA) is 0 Å². The van der Waals surface area contributed by atoms with Crippen molar-refractivity contribution in [3.05, 3.63) is 36.0 Å². The minimum Gasteiger partial charge on any atom is -0.103 e. The van der Waals surface area contributed by atoms with Crippen LogP contribution in [0.15, 0.2) is 36.0 Å². The van der Waals surface area contributed by atoms with Crippen LogP contribution in [0.25, 0.3) is 0 Å². The van der Waals surface area contributed by atoms with Gasteiger partial charge in [-0.3, -0.25) is 0 Å². The summed E-state index contributed by atoms with van der Waals surface area (Å²) in [5.41, 5.74) is 3.85. The van der Waals surface area contributed by atoms with Crippen LogP contribution in [0.1, 0.15) is 73.6 Å². The van der Waals surface area contributed by atoms with Gasteiger partial charge in [0.05, 0.1) is 0 Å². The van der Waals surface area contributed by atoms with Crippen molar-refractivity contribution in [3.63, 3.8) is 0 Å². The molecule has 1 atom stereocenters. The number of unbranched alkanes of at least 4 members (excludes halogenated alkanes) is 2. The van der Waals surface area contributed by atoms with Crippen LogP contribution < -0.4 is 0 Å². The third-order valence-corrected chi connectivity index (χ3v) is 4.41. The van der Waals surface area contributed by atoms with Crippen molar-refractivity contribution in [3.8, 4) is 0 Å². The summed E-state index contributed by atoms with van der Waals surface area (Å²) in [6.07, 6.45) is 13.2. The Morgan fingerprint density at radius 2 is 1.70 bits per heavy atom. The molecule has 20 heavy (non-hydrogen) atoms. The van der Waals surface area contributed by atoms with Crippen LogP contribution in [0.2, 0.25) is 0 Å². The van der Waals surface area contributed by atoms with Crippen LogP contribution >= 0.6 is 0 Å². The lowest BCUT2D eigenvalue weighted by molar-refractivity contribution is 0.363. The molecule has 0 amide bonds. The van der Waals surface area contributed by atoms with Gasteiger partial charge in [-0.05, 0) is 42.4 Å². The van der Waals surface area contributed by atoms with E-state index in [4.69, 9.17) is 0 Å². The fraction of sp³-hybridized carbons (Fsp3) is 0.700. The fourth-order valence-corrected chi connectivity index (χ4v) is 3.13. The molecule has 0 bridgehead atoms. The predicted molar refractivity (Wildman–Crippen MR) is 91.8 cm³/mol. The molecule has 0 N–H and O–H groups in total. The summed E-state index contributed by atoms with van der Waals surface area (Å²) in [5, 5.41) is 0. The molecule has 0 saturated carbocycles. The average molecular weight is 274 g/mol. The predicted octanol–water partition coefficient (Wildman–Crippen LogP) is 6.70. The van der Waals surface area contributed by atoms with Crippen LogP contribution in [-0.2, 0) is 0 Å². The molecule has 0 spiro atoms. The highest BCUT2D eigenvalue weighted by atomic mass is 14.4. The number of allylic oxidation sites excluding steroid dienone is 5. The van der Waals surface area contributed by atoms with Gasteiger partial charge < -0.3 is 0 Å². The van der Waals surface area contributed by atoms with Crippen molar-refractivity contribution in [1.29, 1.82) is 0 Å². The molecule has 1 aliphatic rings. The van der Waals surface area contributed by atoms with Gasteiger partial charge in [0, 0.05) is 0 Å². The lowest BCUT2D eigenvalue weighted by Crippen LogP contribution is -2.24. The first-order valence-electron chi connectivity index (χ1n) is 8.19. The molecular weight excluding hydrogens is 240 g/mol. The minimum absolute atomic E-state index is 0.295. The highest BCUT2D eigenvalue weighted by Gasteiger charge is 2.30. The highest BCUT2D eigenvalue weighted by Crippen LogP contribution is 2.43. The van der Waals surface area contributed by atoms with Crippen LogP contribution in [0, 0.1) is 16.7 Å². The Hall–Kier alpha value is -0.780. The van der Waals surface area contributed by atoms with E-state index in [0.717, 1.165) is 12.3 Å². The minimum atomic E-state index is 0.295. The zero-order chi connectivity index (χ0) is 15.4. The Morgan fingerprint density at radius 1 is 1.05 bits per heavy atom. The number of hydrogen-bond donors (Lipinski definition) is 0. The lowest BCUT2D eigenvalue weighted by atomic mass is 9.68. The van der Waals surface area contributed by atoms with E-state index in [1.54, 1.807) is 11.1 Å². The van der Waals surface area contributed by atoms with Gasteiger partial charge in [-0.1, -0.05) is 77.3 Å². The summed E-state index contributed by atoms with van der Waals surface area (Å²) >= 11 is 0. The second-order valence-electron chi connectivity index (χ2n) is 8.29. The van der Waals surface area contributed by atoms with Gasteiger partial charge in [0.25, 0.3) is 0 Å². The van der Waals surface area contributed by atoms with E-state index in [-0.39, 0.29) is 0 Å². The molecule has 0 fully saturated rings. The molecule has 114 valence electrons. The van der Waals surface area contributed by atoms with E-state index in [1.165, 1.54) is 25.7 Å². The molecule has 0 aromatic heterocycles.